The Morgan fingerprint density at radius 1 is 1.75 bits per heavy atom. The molecule has 0 bridgehead atoms. The van der Waals surface area contributed by atoms with Crippen LogP contribution in [0.4, 0.5) is 0 Å². The molecule has 0 saturated heterocycles. The molecule has 0 amide bonds. The summed E-state index contributed by atoms with van der Waals surface area (Å²) >= 11 is 0. The van der Waals surface area contributed by atoms with Crippen molar-refractivity contribution in [2.75, 3.05) is 0 Å². The van der Waals surface area contributed by atoms with Gasteiger partial charge >= 0.3 is 0 Å². The van der Waals surface area contributed by atoms with E-state index in [0.717, 1.165) is 0 Å². The third-order valence-electron chi connectivity index (χ3n) is 0. The minimum atomic E-state index is 0. The lowest BCUT2D eigenvalue weighted by molar-refractivity contribution is 0.560. The highest BCUT2D eigenvalue weighted by Crippen LogP contribution is 1.13. The van der Waals surface area contributed by atoms with E-state index in [4.69, 9.17) is 4.79 Å². The Labute approximate surface area is 24.7 Å². The molecule has 2 heteroatoms. The first-order valence-corrected chi connectivity index (χ1v) is 0.704. The summed E-state index contributed by atoms with van der Waals surface area (Å²) in [4.78, 5) is 8.68. The molecule has 0 fully saturated rings. The molecule has 0 heterocycles. The highest BCUT2D eigenvalue weighted by molar-refractivity contribution is 5.45. The topological polar surface area (TPSA) is 48.6 Å². The minimum Gasteiger partial charge on any atom is -0.412 e. The molecule has 4 heavy (non-hydrogen) atoms. The molecular formula is C2H5O2. The van der Waals surface area contributed by atoms with Gasteiger partial charge in [-0.05, 0) is 0 Å². The lowest BCUT2D eigenvalue weighted by atomic mass is 11.0. The molecule has 2 nitrogen and oxygen atoms in total. The van der Waals surface area contributed by atoms with E-state index in [0.29, 0.717) is 0 Å². The molecule has 1 radical (unpaired) electrons. The van der Waals surface area contributed by atoms with Crippen molar-refractivity contribution in [1.29, 1.82) is 0 Å². The van der Waals surface area contributed by atoms with Gasteiger partial charge in [-0.15, -0.1) is 0 Å². The third kappa shape index (κ3) is 4.73. The Hall–Kier alpha value is -0.370. The highest BCUT2D eigenvalue weighted by Gasteiger charge is 1.29. The van der Waals surface area contributed by atoms with Gasteiger partial charge in [-0.1, -0.05) is 0 Å². The van der Waals surface area contributed by atoms with Gasteiger partial charge in [0.1, 0.15) is 0 Å². The number of rotatable bonds is 0. The molecule has 0 aromatic heterocycles. The first kappa shape index (κ1) is 9.45. The van der Waals surface area contributed by atoms with Gasteiger partial charge in [0.25, 0.3) is 0 Å². The Kier molecular flexibility index (Phi) is 41.6. The van der Waals surface area contributed by atoms with Crippen LogP contribution in [0.25, 0.3) is 0 Å². The third-order valence-corrected chi connectivity index (χ3v) is 0. The summed E-state index contributed by atoms with van der Waals surface area (Å²) in [6.07, 6.45) is 1.50. The Bertz CT molecular complexity index is 11.5. The maximum absolute atomic E-state index is 8.68. The molecule has 0 atom stereocenters. The van der Waals surface area contributed by atoms with Crippen LogP contribution in [-0.4, -0.2) is 11.8 Å². The lowest BCUT2D eigenvalue weighted by Crippen LogP contribution is -1.35. The van der Waals surface area contributed by atoms with E-state index >= 15 is 0 Å². The van der Waals surface area contributed by atoms with Gasteiger partial charge < -0.3 is 5.48 Å². The quantitative estimate of drug-likeness (QED) is 0.365. The van der Waals surface area contributed by atoms with E-state index in [2.05, 4.69) is 0 Å². The normalized spacial score (nSPS) is 3.25. The predicted octanol–water partition coefficient (Wildman–Crippen LogP) is -0.709. The van der Waals surface area contributed by atoms with E-state index in [1.165, 1.54) is 13.2 Å². The fraction of sp³-hybridized carbons (Fsp3) is 0.500. The first-order chi connectivity index (χ1) is 1.41. The standard InChI is InChI=1S/C2H3O.H2O/c1-2-3;/h1H3;1H2. The summed E-state index contributed by atoms with van der Waals surface area (Å²) in [7, 11) is 0. The van der Waals surface area contributed by atoms with Crippen LogP contribution in [0.2, 0.25) is 0 Å². The second-order valence-corrected chi connectivity index (χ2v) is 0.204. The molecule has 0 aliphatic rings. The van der Waals surface area contributed by atoms with E-state index in [-0.39, 0.29) is 5.48 Å². The van der Waals surface area contributed by atoms with Crippen molar-refractivity contribution in [3.05, 3.63) is 0 Å². The van der Waals surface area contributed by atoms with Gasteiger partial charge in [0, 0.05) is 6.92 Å². The molecule has 0 unspecified atom stereocenters. The maximum Gasteiger partial charge on any atom is 0.195 e. The van der Waals surface area contributed by atoms with Crippen LogP contribution >= 0.6 is 0 Å². The molecule has 0 rings (SSSR count). The SMILES string of the molecule is C[C]=O.O. The monoisotopic (exact) mass is 61.0 g/mol. The second-order valence-electron chi connectivity index (χ2n) is 0.204. The average molecular weight is 61.1 g/mol. The van der Waals surface area contributed by atoms with Gasteiger partial charge in [-0.25, -0.2) is 0 Å². The van der Waals surface area contributed by atoms with E-state index in [1.807, 2.05) is 0 Å². The Morgan fingerprint density at radius 3 is 1.75 bits per heavy atom. The summed E-state index contributed by atoms with van der Waals surface area (Å²) in [6, 6.07) is 0. The fourth-order valence-corrected chi connectivity index (χ4v) is 0. The molecule has 2 N–H and O–H groups in total. The number of carbonyl (C=O) groups excluding carboxylic acids is 1. The molecule has 0 saturated carbocycles. The molecule has 0 aliphatic heterocycles. The summed E-state index contributed by atoms with van der Waals surface area (Å²) in [6.45, 7) is 1.32. The van der Waals surface area contributed by atoms with Crippen molar-refractivity contribution in [2.45, 2.75) is 6.92 Å². The van der Waals surface area contributed by atoms with Crippen LogP contribution in [0.3, 0.4) is 0 Å². The fourth-order valence-electron chi connectivity index (χ4n) is 0. The Balaban J connectivity index is 0. The summed E-state index contributed by atoms with van der Waals surface area (Å²) < 4.78 is 0. The van der Waals surface area contributed by atoms with Crippen molar-refractivity contribution in [3.8, 4) is 0 Å². The van der Waals surface area contributed by atoms with Crippen LogP contribution in [0.15, 0.2) is 0 Å². The first-order valence-electron chi connectivity index (χ1n) is 0.704. The molecule has 0 aromatic rings. The van der Waals surface area contributed by atoms with Crippen molar-refractivity contribution in [2.24, 2.45) is 0 Å². The maximum atomic E-state index is 8.68. The van der Waals surface area contributed by atoms with Gasteiger partial charge in [0.15, 0.2) is 6.29 Å². The van der Waals surface area contributed by atoms with Crippen LogP contribution in [0.5, 0.6) is 0 Å². The zero-order chi connectivity index (χ0) is 2.71. The number of hydrogen-bond donors (Lipinski definition) is 0. The summed E-state index contributed by atoms with van der Waals surface area (Å²) in [5, 5.41) is 0. The van der Waals surface area contributed by atoms with Crippen molar-refractivity contribution in [3.63, 3.8) is 0 Å². The zero-order valence-electron chi connectivity index (χ0n) is 2.41. The molecule has 25 valence electrons. The van der Waals surface area contributed by atoms with Crippen LogP contribution in [0, 0.1) is 0 Å². The minimum absolute atomic E-state index is 0. The molecular weight excluding hydrogens is 56.0 g/mol. The lowest BCUT2D eigenvalue weighted by Gasteiger charge is -1.19. The van der Waals surface area contributed by atoms with Crippen molar-refractivity contribution >= 4 is 6.29 Å². The van der Waals surface area contributed by atoms with Gasteiger partial charge in [0.05, 0.1) is 0 Å². The van der Waals surface area contributed by atoms with Crippen LogP contribution in [-0.2, 0) is 4.79 Å². The van der Waals surface area contributed by atoms with Crippen molar-refractivity contribution in [1.82, 2.24) is 0 Å². The average Bonchev–Trinajstić information content (AvgIpc) is 0.918. The summed E-state index contributed by atoms with van der Waals surface area (Å²) in [5.41, 5.74) is 0. The highest BCUT2D eigenvalue weighted by atomic mass is 16.1. The number of hydrogen-bond acceptors (Lipinski definition) is 1. The molecule has 0 aromatic carbocycles. The van der Waals surface area contributed by atoms with Gasteiger partial charge in [-0.2, -0.15) is 0 Å². The predicted molar refractivity (Wildman–Crippen MR) is 15.0 cm³/mol. The molecule has 0 spiro atoms. The summed E-state index contributed by atoms with van der Waals surface area (Å²) in [5.74, 6) is 0. The van der Waals surface area contributed by atoms with Crippen molar-refractivity contribution < 1.29 is 10.3 Å². The van der Waals surface area contributed by atoms with Gasteiger partial charge in [0.2, 0.25) is 0 Å². The smallest absolute Gasteiger partial charge is 0.195 e. The second kappa shape index (κ2) is 17.6. The largest absolute Gasteiger partial charge is 0.412 e. The van der Waals surface area contributed by atoms with E-state index in [9.17, 15) is 0 Å². The Morgan fingerprint density at radius 2 is 1.75 bits per heavy atom. The zero-order valence-corrected chi connectivity index (χ0v) is 2.41. The van der Waals surface area contributed by atoms with E-state index in [1.54, 1.807) is 0 Å². The van der Waals surface area contributed by atoms with Crippen LogP contribution in [0.1, 0.15) is 6.92 Å². The van der Waals surface area contributed by atoms with Gasteiger partial charge in [-0.3, -0.25) is 4.79 Å². The van der Waals surface area contributed by atoms with Crippen LogP contribution < -0.4 is 0 Å². The van der Waals surface area contributed by atoms with E-state index < -0.39 is 0 Å². The molecule has 0 aliphatic carbocycles.